The number of hydrogen-bond acceptors (Lipinski definition) is 4. The van der Waals surface area contributed by atoms with Gasteiger partial charge in [0.1, 0.15) is 0 Å². The summed E-state index contributed by atoms with van der Waals surface area (Å²) in [6.45, 7) is 5.55. The van der Waals surface area contributed by atoms with E-state index in [1.54, 1.807) is 0 Å². The Hall–Kier alpha value is -1.41. The molecule has 0 aromatic heterocycles. The number of nitrogens with zero attached hydrogens (tertiary/aromatic N) is 1. The summed E-state index contributed by atoms with van der Waals surface area (Å²) in [6, 6.07) is 10.8. The highest BCUT2D eigenvalue weighted by molar-refractivity contribution is 5.32. The molecule has 2 unspecified atom stereocenters. The van der Waals surface area contributed by atoms with Crippen LogP contribution in [0, 0.1) is 11.3 Å². The normalized spacial score (nSPS) is 20.7. The fraction of sp³-hybridized carbons (Fsp3) is 0.533. The molecule has 2 atom stereocenters. The van der Waals surface area contributed by atoms with Crippen molar-refractivity contribution in [2.75, 3.05) is 19.8 Å². The van der Waals surface area contributed by atoms with Gasteiger partial charge in [-0.15, -0.1) is 0 Å². The van der Waals surface area contributed by atoms with E-state index in [1.807, 2.05) is 24.3 Å². The number of hydrogen-bond donors (Lipinski definition) is 2. The molecule has 2 rings (SSSR count). The Balaban J connectivity index is 1.76. The van der Waals surface area contributed by atoms with Crippen LogP contribution in [0.1, 0.15) is 24.5 Å². The minimum atomic E-state index is 0.421. The highest BCUT2D eigenvalue weighted by Crippen LogP contribution is 2.06. The Bertz CT molecular complexity index is 435. The first-order chi connectivity index (χ1) is 9.28. The summed E-state index contributed by atoms with van der Waals surface area (Å²) >= 11 is 0. The molecule has 1 aromatic rings. The molecule has 1 aliphatic heterocycles. The van der Waals surface area contributed by atoms with Gasteiger partial charge in [-0.05, 0) is 31.0 Å². The fourth-order valence-electron chi connectivity index (χ4n) is 2.32. The van der Waals surface area contributed by atoms with Crippen LogP contribution in [0.3, 0.4) is 0 Å². The molecule has 4 heteroatoms. The summed E-state index contributed by atoms with van der Waals surface area (Å²) in [6.07, 6.45) is 1.05. The largest absolute Gasteiger partial charge is 0.379 e. The van der Waals surface area contributed by atoms with Gasteiger partial charge in [0.15, 0.2) is 0 Å². The van der Waals surface area contributed by atoms with E-state index in [1.165, 1.54) is 0 Å². The van der Waals surface area contributed by atoms with Crippen molar-refractivity contribution in [3.8, 4) is 6.07 Å². The summed E-state index contributed by atoms with van der Waals surface area (Å²) in [5, 5.41) is 15.8. The number of nitriles is 1. The predicted octanol–water partition coefficient (Wildman–Crippen LogP) is 1.41. The van der Waals surface area contributed by atoms with Crippen LogP contribution in [0.15, 0.2) is 24.3 Å². The lowest BCUT2D eigenvalue weighted by atomic mass is 10.1. The molecule has 19 heavy (non-hydrogen) atoms. The average Bonchev–Trinajstić information content (AvgIpc) is 2.46. The minimum absolute atomic E-state index is 0.421. The first kappa shape index (κ1) is 14.0. The van der Waals surface area contributed by atoms with Gasteiger partial charge in [0.25, 0.3) is 0 Å². The lowest BCUT2D eigenvalue weighted by Crippen LogP contribution is -2.44. The quantitative estimate of drug-likeness (QED) is 0.839. The lowest BCUT2D eigenvalue weighted by molar-refractivity contribution is 0.0712. The topological polar surface area (TPSA) is 57.1 Å². The molecule has 0 bridgehead atoms. The van der Waals surface area contributed by atoms with Gasteiger partial charge >= 0.3 is 0 Å². The van der Waals surface area contributed by atoms with Gasteiger partial charge in [0.05, 0.1) is 24.8 Å². The second kappa shape index (κ2) is 7.25. The van der Waals surface area contributed by atoms with Crippen LogP contribution >= 0.6 is 0 Å². The van der Waals surface area contributed by atoms with Crippen LogP contribution in [0.4, 0.5) is 0 Å². The maximum atomic E-state index is 8.86. The number of nitrogens with one attached hydrogen (secondary N) is 2. The molecule has 0 radical (unpaired) electrons. The Morgan fingerprint density at radius 1 is 1.58 bits per heavy atom. The molecule has 1 saturated heterocycles. The van der Waals surface area contributed by atoms with Crippen molar-refractivity contribution in [2.45, 2.75) is 32.0 Å². The zero-order valence-electron chi connectivity index (χ0n) is 11.4. The second-order valence-corrected chi connectivity index (χ2v) is 5.06. The van der Waals surface area contributed by atoms with E-state index in [0.717, 1.165) is 38.3 Å². The van der Waals surface area contributed by atoms with Gasteiger partial charge in [-0.1, -0.05) is 12.1 Å². The van der Waals surface area contributed by atoms with Crippen molar-refractivity contribution in [1.82, 2.24) is 10.6 Å². The van der Waals surface area contributed by atoms with E-state index in [9.17, 15) is 0 Å². The van der Waals surface area contributed by atoms with E-state index in [2.05, 4.69) is 23.6 Å². The summed E-state index contributed by atoms with van der Waals surface area (Å²) in [5.41, 5.74) is 1.87. The molecular formula is C15H21N3O. The van der Waals surface area contributed by atoms with E-state index >= 15 is 0 Å². The zero-order valence-corrected chi connectivity index (χ0v) is 11.4. The third kappa shape index (κ3) is 4.64. The average molecular weight is 259 g/mol. The standard InChI is InChI=1S/C15H21N3O/c1-12(7-15-11-19-6-5-17-15)18-10-14-4-2-3-13(8-14)9-16/h2-4,8,12,15,17-18H,5-7,10-11H2,1H3. The monoisotopic (exact) mass is 259 g/mol. The van der Waals surface area contributed by atoms with Crippen molar-refractivity contribution in [1.29, 1.82) is 5.26 Å². The van der Waals surface area contributed by atoms with Crippen molar-refractivity contribution in [2.24, 2.45) is 0 Å². The number of morpholine rings is 1. The predicted molar refractivity (Wildman–Crippen MR) is 74.7 cm³/mol. The molecule has 0 spiro atoms. The van der Waals surface area contributed by atoms with Crippen molar-refractivity contribution in [3.63, 3.8) is 0 Å². The van der Waals surface area contributed by atoms with Crippen molar-refractivity contribution in [3.05, 3.63) is 35.4 Å². The SMILES string of the molecule is CC(CC1COCCN1)NCc1cccc(C#N)c1. The molecule has 2 N–H and O–H groups in total. The highest BCUT2D eigenvalue weighted by atomic mass is 16.5. The number of benzene rings is 1. The van der Waals surface area contributed by atoms with E-state index < -0.39 is 0 Å². The summed E-state index contributed by atoms with van der Waals surface area (Å²) in [4.78, 5) is 0. The van der Waals surface area contributed by atoms with Gasteiger partial charge in [0.2, 0.25) is 0 Å². The summed E-state index contributed by atoms with van der Waals surface area (Å²) < 4.78 is 5.45. The fourth-order valence-corrected chi connectivity index (χ4v) is 2.32. The molecule has 1 aliphatic rings. The van der Waals surface area contributed by atoms with Crippen molar-refractivity contribution >= 4 is 0 Å². The first-order valence-corrected chi connectivity index (χ1v) is 6.81. The molecular weight excluding hydrogens is 238 g/mol. The summed E-state index contributed by atoms with van der Waals surface area (Å²) in [7, 11) is 0. The number of rotatable bonds is 5. The van der Waals surface area contributed by atoms with E-state index in [4.69, 9.17) is 10.00 Å². The second-order valence-electron chi connectivity index (χ2n) is 5.06. The molecule has 1 aromatic carbocycles. The molecule has 102 valence electrons. The Morgan fingerprint density at radius 3 is 3.21 bits per heavy atom. The summed E-state index contributed by atoms with van der Waals surface area (Å²) in [5.74, 6) is 0. The number of ether oxygens (including phenoxy) is 1. The van der Waals surface area contributed by atoms with Gasteiger partial charge < -0.3 is 15.4 Å². The molecule has 1 fully saturated rings. The van der Waals surface area contributed by atoms with Gasteiger partial charge in [-0.25, -0.2) is 0 Å². The van der Waals surface area contributed by atoms with Crippen LogP contribution in [-0.2, 0) is 11.3 Å². The third-order valence-electron chi connectivity index (χ3n) is 3.35. The van der Waals surface area contributed by atoms with Crippen molar-refractivity contribution < 1.29 is 4.74 Å². The molecule has 4 nitrogen and oxygen atoms in total. The van der Waals surface area contributed by atoms with Gasteiger partial charge in [-0.2, -0.15) is 5.26 Å². The zero-order chi connectivity index (χ0) is 13.5. The highest BCUT2D eigenvalue weighted by Gasteiger charge is 2.15. The molecule has 1 heterocycles. The first-order valence-electron chi connectivity index (χ1n) is 6.81. The van der Waals surface area contributed by atoms with Gasteiger partial charge in [0, 0.05) is 25.2 Å². The van der Waals surface area contributed by atoms with Crippen LogP contribution < -0.4 is 10.6 Å². The molecule has 0 saturated carbocycles. The maximum Gasteiger partial charge on any atom is 0.0991 e. The smallest absolute Gasteiger partial charge is 0.0991 e. The Kier molecular flexibility index (Phi) is 5.34. The van der Waals surface area contributed by atoms with Crippen LogP contribution in [0.5, 0.6) is 0 Å². The third-order valence-corrected chi connectivity index (χ3v) is 3.35. The minimum Gasteiger partial charge on any atom is -0.379 e. The molecule has 0 amide bonds. The van der Waals surface area contributed by atoms with Crippen LogP contribution in [0.2, 0.25) is 0 Å². The maximum absolute atomic E-state index is 8.86. The molecule has 0 aliphatic carbocycles. The van der Waals surface area contributed by atoms with E-state index in [-0.39, 0.29) is 0 Å². The van der Waals surface area contributed by atoms with Crippen LogP contribution in [0.25, 0.3) is 0 Å². The van der Waals surface area contributed by atoms with E-state index in [0.29, 0.717) is 17.6 Å². The Morgan fingerprint density at radius 2 is 2.47 bits per heavy atom. The van der Waals surface area contributed by atoms with Gasteiger partial charge in [-0.3, -0.25) is 0 Å². The van der Waals surface area contributed by atoms with Crippen LogP contribution in [-0.4, -0.2) is 31.8 Å². The lowest BCUT2D eigenvalue weighted by Gasteiger charge is -2.26. The Labute approximate surface area is 114 Å².